The van der Waals surface area contributed by atoms with E-state index in [-0.39, 0.29) is 0 Å². The number of ether oxygens (including phenoxy) is 2. The van der Waals surface area contributed by atoms with Crippen LogP contribution in [0.15, 0.2) is 0 Å². The summed E-state index contributed by atoms with van der Waals surface area (Å²) in [6.07, 6.45) is 7.25. The van der Waals surface area contributed by atoms with E-state index in [2.05, 4.69) is 26.1 Å². The third-order valence-corrected chi connectivity index (χ3v) is 4.69. The van der Waals surface area contributed by atoms with Crippen molar-refractivity contribution in [2.45, 2.75) is 71.2 Å². The topological polar surface area (TPSA) is 30.5 Å². The summed E-state index contributed by atoms with van der Waals surface area (Å²) in [5.41, 5.74) is 0.296. The lowest BCUT2D eigenvalue weighted by Crippen LogP contribution is -2.42. The zero-order chi connectivity index (χ0) is 13.0. The maximum atomic E-state index is 6.02. The van der Waals surface area contributed by atoms with Crippen molar-refractivity contribution >= 4 is 0 Å². The lowest BCUT2D eigenvalue weighted by Gasteiger charge is -2.35. The van der Waals surface area contributed by atoms with Gasteiger partial charge in [-0.2, -0.15) is 0 Å². The van der Waals surface area contributed by atoms with Gasteiger partial charge in [-0.1, -0.05) is 6.92 Å². The quantitative estimate of drug-likeness (QED) is 0.740. The first-order valence-electron chi connectivity index (χ1n) is 7.64. The fourth-order valence-corrected chi connectivity index (χ4v) is 3.39. The van der Waals surface area contributed by atoms with E-state index in [0.29, 0.717) is 23.7 Å². The van der Waals surface area contributed by atoms with Crippen molar-refractivity contribution in [2.75, 3.05) is 19.7 Å². The molecule has 0 amide bonds. The number of hydrogen-bond acceptors (Lipinski definition) is 3. The summed E-state index contributed by atoms with van der Waals surface area (Å²) in [5.74, 6) is 0. The highest BCUT2D eigenvalue weighted by Crippen LogP contribution is 2.41. The maximum Gasteiger partial charge on any atom is 0.0617 e. The average molecular weight is 255 g/mol. The molecule has 4 unspecified atom stereocenters. The lowest BCUT2D eigenvalue weighted by atomic mass is 9.76. The standard InChI is InChI=1S/C15H29NO2/c1-4-8-16-11-15(7-9-17-13(15)3)10-14-6-5-12(2)18-14/h12-14,16H,4-11H2,1-3H3. The van der Waals surface area contributed by atoms with Crippen LogP contribution in [0.25, 0.3) is 0 Å². The Labute approximate surface area is 112 Å². The zero-order valence-electron chi connectivity index (χ0n) is 12.2. The molecule has 0 aromatic carbocycles. The molecule has 2 fully saturated rings. The molecule has 3 nitrogen and oxygen atoms in total. The summed E-state index contributed by atoms with van der Waals surface area (Å²) in [4.78, 5) is 0. The first kappa shape index (κ1) is 14.3. The Bertz CT molecular complexity index is 259. The number of nitrogens with one attached hydrogen (secondary N) is 1. The third kappa shape index (κ3) is 3.25. The molecule has 0 aliphatic carbocycles. The highest BCUT2D eigenvalue weighted by molar-refractivity contribution is 4.94. The highest BCUT2D eigenvalue weighted by Gasteiger charge is 2.43. The van der Waals surface area contributed by atoms with Gasteiger partial charge < -0.3 is 14.8 Å². The van der Waals surface area contributed by atoms with Gasteiger partial charge in [-0.15, -0.1) is 0 Å². The minimum absolute atomic E-state index is 0.296. The Morgan fingerprint density at radius 2 is 2.11 bits per heavy atom. The van der Waals surface area contributed by atoms with Crippen LogP contribution in [0.5, 0.6) is 0 Å². The highest BCUT2D eigenvalue weighted by atomic mass is 16.5. The summed E-state index contributed by atoms with van der Waals surface area (Å²) in [6.45, 7) is 9.75. The van der Waals surface area contributed by atoms with Crippen LogP contribution in [0.4, 0.5) is 0 Å². The van der Waals surface area contributed by atoms with Gasteiger partial charge in [-0.25, -0.2) is 0 Å². The van der Waals surface area contributed by atoms with Crippen molar-refractivity contribution in [3.05, 3.63) is 0 Å². The fourth-order valence-electron chi connectivity index (χ4n) is 3.39. The van der Waals surface area contributed by atoms with E-state index in [1.54, 1.807) is 0 Å². The van der Waals surface area contributed by atoms with E-state index >= 15 is 0 Å². The van der Waals surface area contributed by atoms with Gasteiger partial charge >= 0.3 is 0 Å². The Morgan fingerprint density at radius 1 is 1.28 bits per heavy atom. The minimum atomic E-state index is 0.296. The third-order valence-electron chi connectivity index (χ3n) is 4.69. The van der Waals surface area contributed by atoms with Crippen LogP contribution >= 0.6 is 0 Å². The van der Waals surface area contributed by atoms with E-state index in [1.807, 2.05) is 0 Å². The fraction of sp³-hybridized carbons (Fsp3) is 1.00. The lowest BCUT2D eigenvalue weighted by molar-refractivity contribution is -0.00478. The summed E-state index contributed by atoms with van der Waals surface area (Å²) >= 11 is 0. The van der Waals surface area contributed by atoms with Crippen LogP contribution in [0, 0.1) is 5.41 Å². The predicted octanol–water partition coefficient (Wildman–Crippen LogP) is 2.74. The van der Waals surface area contributed by atoms with E-state index in [4.69, 9.17) is 9.47 Å². The molecule has 0 radical (unpaired) electrons. The van der Waals surface area contributed by atoms with Gasteiger partial charge in [0.25, 0.3) is 0 Å². The van der Waals surface area contributed by atoms with Gasteiger partial charge in [0.2, 0.25) is 0 Å². The molecule has 2 heterocycles. The molecule has 106 valence electrons. The Morgan fingerprint density at radius 3 is 2.67 bits per heavy atom. The van der Waals surface area contributed by atoms with Crippen LogP contribution in [0.3, 0.4) is 0 Å². The van der Waals surface area contributed by atoms with Gasteiger partial charge in [0.1, 0.15) is 0 Å². The van der Waals surface area contributed by atoms with E-state index in [9.17, 15) is 0 Å². The Balaban J connectivity index is 1.92. The smallest absolute Gasteiger partial charge is 0.0617 e. The monoisotopic (exact) mass is 255 g/mol. The van der Waals surface area contributed by atoms with Crippen LogP contribution in [-0.4, -0.2) is 38.0 Å². The second kappa shape index (κ2) is 6.36. The second-order valence-corrected chi connectivity index (χ2v) is 6.15. The summed E-state index contributed by atoms with van der Waals surface area (Å²) < 4.78 is 11.9. The first-order chi connectivity index (χ1) is 8.66. The zero-order valence-corrected chi connectivity index (χ0v) is 12.2. The molecule has 2 aliphatic rings. The van der Waals surface area contributed by atoms with E-state index in [1.165, 1.54) is 25.7 Å². The maximum absolute atomic E-state index is 6.02. The van der Waals surface area contributed by atoms with Crippen LogP contribution < -0.4 is 5.32 Å². The molecule has 0 bridgehead atoms. The van der Waals surface area contributed by atoms with Crippen molar-refractivity contribution < 1.29 is 9.47 Å². The SMILES string of the molecule is CCCNCC1(CC2CCC(C)O2)CCOC1C. The molecule has 4 atom stereocenters. The second-order valence-electron chi connectivity index (χ2n) is 6.15. The van der Waals surface area contributed by atoms with Gasteiger partial charge in [0, 0.05) is 18.6 Å². The van der Waals surface area contributed by atoms with Crippen LogP contribution in [0.2, 0.25) is 0 Å². The molecule has 2 rings (SSSR count). The molecule has 0 aromatic heterocycles. The van der Waals surface area contributed by atoms with Crippen LogP contribution in [-0.2, 0) is 9.47 Å². The number of hydrogen-bond donors (Lipinski definition) is 1. The van der Waals surface area contributed by atoms with E-state index in [0.717, 1.165) is 26.1 Å². The summed E-state index contributed by atoms with van der Waals surface area (Å²) in [7, 11) is 0. The predicted molar refractivity (Wildman–Crippen MR) is 73.8 cm³/mol. The van der Waals surface area contributed by atoms with Crippen LogP contribution in [0.1, 0.15) is 52.9 Å². The van der Waals surface area contributed by atoms with Crippen molar-refractivity contribution in [1.82, 2.24) is 5.32 Å². The molecule has 1 N–H and O–H groups in total. The Kier molecular flexibility index (Phi) is 5.05. The molecule has 0 aromatic rings. The molecule has 3 heteroatoms. The van der Waals surface area contributed by atoms with Crippen molar-refractivity contribution in [1.29, 1.82) is 0 Å². The van der Waals surface area contributed by atoms with Gasteiger partial charge in [0.05, 0.1) is 18.3 Å². The minimum Gasteiger partial charge on any atom is -0.378 e. The van der Waals surface area contributed by atoms with Gasteiger partial charge in [-0.3, -0.25) is 0 Å². The van der Waals surface area contributed by atoms with Gasteiger partial charge in [-0.05, 0) is 52.5 Å². The molecular formula is C15H29NO2. The normalized spacial score (nSPS) is 40.5. The molecule has 2 saturated heterocycles. The van der Waals surface area contributed by atoms with Crippen molar-refractivity contribution in [3.8, 4) is 0 Å². The van der Waals surface area contributed by atoms with E-state index < -0.39 is 0 Å². The number of rotatable bonds is 6. The molecule has 18 heavy (non-hydrogen) atoms. The Hall–Kier alpha value is -0.120. The molecule has 0 saturated carbocycles. The van der Waals surface area contributed by atoms with Crippen molar-refractivity contribution in [2.24, 2.45) is 5.41 Å². The summed E-state index contributed by atoms with van der Waals surface area (Å²) in [5, 5.41) is 3.60. The average Bonchev–Trinajstić information content (AvgIpc) is 2.88. The first-order valence-corrected chi connectivity index (χ1v) is 7.64. The largest absolute Gasteiger partial charge is 0.378 e. The molecule has 0 spiro atoms. The molecule has 2 aliphatic heterocycles. The summed E-state index contributed by atoms with van der Waals surface area (Å²) in [6, 6.07) is 0. The van der Waals surface area contributed by atoms with Gasteiger partial charge in [0.15, 0.2) is 0 Å². The van der Waals surface area contributed by atoms with Crippen molar-refractivity contribution in [3.63, 3.8) is 0 Å². The molecular weight excluding hydrogens is 226 g/mol.